The van der Waals surface area contributed by atoms with Crippen LogP contribution in [0.2, 0.25) is 0 Å². The average Bonchev–Trinajstić information content (AvgIpc) is 2.61. The van der Waals surface area contributed by atoms with Crippen LogP contribution in [0.5, 0.6) is 11.5 Å². The van der Waals surface area contributed by atoms with Crippen LogP contribution in [0.3, 0.4) is 0 Å². The molecule has 0 bridgehead atoms. The van der Waals surface area contributed by atoms with Crippen LogP contribution in [0.25, 0.3) is 0 Å². The second kappa shape index (κ2) is 10.1. The van der Waals surface area contributed by atoms with Gasteiger partial charge in [-0.25, -0.2) is 5.43 Å². The van der Waals surface area contributed by atoms with Crippen LogP contribution >= 0.6 is 15.9 Å². The molecule has 144 valence electrons. The van der Waals surface area contributed by atoms with Crippen molar-refractivity contribution in [2.24, 2.45) is 5.10 Å². The molecule has 27 heavy (non-hydrogen) atoms. The minimum Gasteiger partial charge on any atom is -0.490 e. The predicted octanol–water partition coefficient (Wildman–Crippen LogP) is 4.56. The number of hydrogen-bond acceptors (Lipinski definition) is 4. The monoisotopic (exact) mass is 432 g/mol. The maximum atomic E-state index is 12.1. The van der Waals surface area contributed by atoms with E-state index >= 15 is 0 Å². The summed E-state index contributed by atoms with van der Waals surface area (Å²) in [4.78, 5) is 12.1. The lowest BCUT2D eigenvalue weighted by molar-refractivity contribution is -0.120. The number of hydrazone groups is 1. The Labute approximate surface area is 168 Å². The molecule has 1 amide bonds. The molecule has 0 heterocycles. The number of hydrogen-bond donors (Lipinski definition) is 1. The van der Waals surface area contributed by atoms with Gasteiger partial charge in [-0.05, 0) is 78.0 Å². The van der Waals surface area contributed by atoms with E-state index in [0.29, 0.717) is 24.7 Å². The van der Waals surface area contributed by atoms with Crippen molar-refractivity contribution in [3.63, 3.8) is 0 Å². The third-order valence-electron chi connectivity index (χ3n) is 3.96. The van der Waals surface area contributed by atoms with E-state index < -0.39 is 0 Å². The van der Waals surface area contributed by atoms with Crippen molar-refractivity contribution in [1.29, 1.82) is 0 Å². The molecule has 0 saturated carbocycles. The average molecular weight is 433 g/mol. The summed E-state index contributed by atoms with van der Waals surface area (Å²) in [5.41, 5.74) is 6.71. The normalized spacial score (nSPS) is 10.9. The van der Waals surface area contributed by atoms with E-state index in [4.69, 9.17) is 9.47 Å². The summed E-state index contributed by atoms with van der Waals surface area (Å²) >= 11 is 3.49. The van der Waals surface area contributed by atoms with Gasteiger partial charge in [-0.1, -0.05) is 18.2 Å². The summed E-state index contributed by atoms with van der Waals surface area (Å²) in [6, 6.07) is 9.71. The van der Waals surface area contributed by atoms with Crippen molar-refractivity contribution in [2.75, 3.05) is 13.2 Å². The molecule has 0 fully saturated rings. The minimum atomic E-state index is -0.162. The van der Waals surface area contributed by atoms with Crippen molar-refractivity contribution in [3.8, 4) is 11.5 Å². The number of amides is 1. The summed E-state index contributed by atoms with van der Waals surface area (Å²) < 4.78 is 12.0. The molecular formula is C21H25BrN2O3. The van der Waals surface area contributed by atoms with E-state index in [9.17, 15) is 4.79 Å². The molecule has 0 aliphatic carbocycles. The van der Waals surface area contributed by atoms with Gasteiger partial charge in [0, 0.05) is 0 Å². The molecule has 1 N–H and O–H groups in total. The van der Waals surface area contributed by atoms with Gasteiger partial charge in [0.15, 0.2) is 11.5 Å². The Morgan fingerprint density at radius 1 is 1.11 bits per heavy atom. The van der Waals surface area contributed by atoms with Crippen LogP contribution in [0.4, 0.5) is 0 Å². The largest absolute Gasteiger partial charge is 0.490 e. The molecular weight excluding hydrogens is 408 g/mol. The molecule has 0 aliphatic heterocycles. The maximum Gasteiger partial charge on any atom is 0.244 e. The second-order valence-electron chi connectivity index (χ2n) is 6.08. The molecule has 0 aromatic heterocycles. The van der Waals surface area contributed by atoms with E-state index in [2.05, 4.69) is 33.4 Å². The van der Waals surface area contributed by atoms with Crippen molar-refractivity contribution in [3.05, 3.63) is 57.1 Å². The molecule has 2 aromatic carbocycles. The van der Waals surface area contributed by atoms with E-state index in [1.165, 1.54) is 11.1 Å². The third-order valence-corrected chi connectivity index (χ3v) is 4.55. The molecule has 2 rings (SSSR count). The fraction of sp³-hybridized carbons (Fsp3) is 0.333. The van der Waals surface area contributed by atoms with Gasteiger partial charge < -0.3 is 9.47 Å². The highest BCUT2D eigenvalue weighted by Gasteiger charge is 2.11. The number of nitrogens with one attached hydrogen (secondary N) is 1. The lowest BCUT2D eigenvalue weighted by Gasteiger charge is -2.13. The number of carbonyl (C=O) groups excluding carboxylic acids is 1. The highest BCUT2D eigenvalue weighted by atomic mass is 79.9. The topological polar surface area (TPSA) is 59.9 Å². The van der Waals surface area contributed by atoms with Crippen LogP contribution in [0, 0.1) is 13.8 Å². The number of rotatable bonds is 8. The van der Waals surface area contributed by atoms with Crippen LogP contribution < -0.4 is 14.9 Å². The fourth-order valence-electron chi connectivity index (χ4n) is 2.53. The lowest BCUT2D eigenvalue weighted by atomic mass is 10.0. The van der Waals surface area contributed by atoms with Gasteiger partial charge in [-0.2, -0.15) is 5.10 Å². The van der Waals surface area contributed by atoms with E-state index in [1.807, 2.05) is 51.1 Å². The quantitative estimate of drug-likeness (QED) is 0.491. The number of carbonyl (C=O) groups is 1. The Kier molecular flexibility index (Phi) is 7.85. The number of aryl methyl sites for hydroxylation is 2. The SMILES string of the molecule is CCOc1cc(/C=N\NC(=O)Cc2ccc(C)c(C)c2)cc(Br)c1OCC. The van der Waals surface area contributed by atoms with Crippen molar-refractivity contribution in [1.82, 2.24) is 5.43 Å². The van der Waals surface area contributed by atoms with Crippen LogP contribution in [0.15, 0.2) is 39.9 Å². The van der Waals surface area contributed by atoms with Crippen LogP contribution in [-0.4, -0.2) is 25.3 Å². The van der Waals surface area contributed by atoms with Gasteiger partial charge >= 0.3 is 0 Å². The first-order valence-electron chi connectivity index (χ1n) is 8.91. The smallest absolute Gasteiger partial charge is 0.244 e. The van der Waals surface area contributed by atoms with Gasteiger partial charge in [0.2, 0.25) is 5.91 Å². The fourth-order valence-corrected chi connectivity index (χ4v) is 3.10. The van der Waals surface area contributed by atoms with E-state index in [-0.39, 0.29) is 12.3 Å². The molecule has 0 saturated heterocycles. The molecule has 0 aliphatic rings. The Morgan fingerprint density at radius 3 is 2.52 bits per heavy atom. The summed E-state index contributed by atoms with van der Waals surface area (Å²) in [5.74, 6) is 1.14. The third kappa shape index (κ3) is 6.10. The highest BCUT2D eigenvalue weighted by molar-refractivity contribution is 9.10. The summed E-state index contributed by atoms with van der Waals surface area (Å²) in [5, 5.41) is 4.05. The first kappa shape index (κ1) is 21.0. The molecule has 0 unspecified atom stereocenters. The molecule has 6 heteroatoms. The van der Waals surface area contributed by atoms with E-state index in [1.54, 1.807) is 6.21 Å². The second-order valence-corrected chi connectivity index (χ2v) is 6.94. The standard InChI is InChI=1S/C21H25BrN2O3/c1-5-26-19-11-17(10-18(22)21(19)27-6-2)13-23-24-20(25)12-16-8-7-14(3)15(4)9-16/h7-11,13H,5-6,12H2,1-4H3,(H,24,25)/b23-13-. The Morgan fingerprint density at radius 2 is 1.85 bits per heavy atom. The first-order chi connectivity index (χ1) is 12.9. The molecule has 2 aromatic rings. The summed E-state index contributed by atoms with van der Waals surface area (Å²) in [6.07, 6.45) is 1.87. The zero-order valence-electron chi connectivity index (χ0n) is 16.1. The van der Waals surface area contributed by atoms with Gasteiger partial charge in [0.1, 0.15) is 0 Å². The maximum absolute atomic E-state index is 12.1. The van der Waals surface area contributed by atoms with Crippen LogP contribution in [-0.2, 0) is 11.2 Å². The van der Waals surface area contributed by atoms with Crippen molar-refractivity contribution < 1.29 is 14.3 Å². The molecule has 5 nitrogen and oxygen atoms in total. The number of halogens is 1. The number of benzene rings is 2. The highest BCUT2D eigenvalue weighted by Crippen LogP contribution is 2.36. The first-order valence-corrected chi connectivity index (χ1v) is 9.71. The van der Waals surface area contributed by atoms with E-state index in [0.717, 1.165) is 15.6 Å². The Bertz CT molecular complexity index is 834. The zero-order chi connectivity index (χ0) is 19.8. The van der Waals surface area contributed by atoms with Crippen molar-refractivity contribution >= 4 is 28.1 Å². The minimum absolute atomic E-state index is 0.162. The molecule has 0 spiro atoms. The molecule has 0 atom stereocenters. The van der Waals surface area contributed by atoms with Gasteiger partial charge in [0.05, 0.1) is 30.3 Å². The predicted molar refractivity (Wildman–Crippen MR) is 112 cm³/mol. The Hall–Kier alpha value is -2.34. The number of ether oxygens (including phenoxy) is 2. The van der Waals surface area contributed by atoms with Crippen LogP contribution in [0.1, 0.15) is 36.1 Å². The van der Waals surface area contributed by atoms with Crippen molar-refractivity contribution in [2.45, 2.75) is 34.1 Å². The van der Waals surface area contributed by atoms with Gasteiger partial charge in [0.25, 0.3) is 0 Å². The molecule has 0 radical (unpaired) electrons. The zero-order valence-corrected chi connectivity index (χ0v) is 17.7. The van der Waals surface area contributed by atoms with Gasteiger partial charge in [-0.3, -0.25) is 4.79 Å². The summed E-state index contributed by atoms with van der Waals surface area (Å²) in [7, 11) is 0. The van der Waals surface area contributed by atoms with Gasteiger partial charge in [-0.15, -0.1) is 0 Å². The summed E-state index contributed by atoms with van der Waals surface area (Å²) in [6.45, 7) is 8.99. The number of nitrogens with zero attached hydrogens (tertiary/aromatic N) is 1. The lowest BCUT2D eigenvalue weighted by Crippen LogP contribution is -2.19. The Balaban J connectivity index is 2.04.